The molecule has 6 nitrogen and oxygen atoms in total. The molecule has 440 valence electrons. The van der Waals surface area contributed by atoms with Crippen LogP contribution >= 0.6 is 0 Å². The average Bonchev–Trinajstić information content (AvgIpc) is 3.41. The number of ether oxygens (including phenoxy) is 3. The van der Waals surface area contributed by atoms with Gasteiger partial charge in [0.05, 0.1) is 0 Å². The van der Waals surface area contributed by atoms with E-state index in [1.165, 1.54) is 244 Å². The molecule has 0 heterocycles. The van der Waals surface area contributed by atoms with Gasteiger partial charge in [-0.05, 0) is 77.0 Å². The van der Waals surface area contributed by atoms with E-state index in [2.05, 4.69) is 57.2 Å². The summed E-state index contributed by atoms with van der Waals surface area (Å²) in [6.07, 6.45) is 78.8. The first kappa shape index (κ1) is 72.6. The molecule has 0 aliphatic carbocycles. The lowest BCUT2D eigenvalue weighted by Crippen LogP contribution is -2.30. The molecule has 0 aliphatic heterocycles. The summed E-state index contributed by atoms with van der Waals surface area (Å²) in [6.45, 7) is 6.66. The van der Waals surface area contributed by atoms with Crippen molar-refractivity contribution >= 4 is 17.9 Å². The summed E-state index contributed by atoms with van der Waals surface area (Å²) in [7, 11) is 0. The number of allylic oxidation sites excluding steroid dienone is 6. The molecule has 0 aliphatic rings. The van der Waals surface area contributed by atoms with Crippen LogP contribution in [0.2, 0.25) is 0 Å². The smallest absolute Gasteiger partial charge is 0.306 e. The lowest BCUT2D eigenvalue weighted by molar-refractivity contribution is -0.167. The van der Waals surface area contributed by atoms with Crippen LogP contribution in [0.5, 0.6) is 0 Å². The van der Waals surface area contributed by atoms with Gasteiger partial charge in [0.2, 0.25) is 0 Å². The molecule has 0 spiro atoms. The highest BCUT2D eigenvalue weighted by molar-refractivity contribution is 5.71. The minimum Gasteiger partial charge on any atom is -0.462 e. The predicted octanol–water partition coefficient (Wildman–Crippen LogP) is 22.8. The van der Waals surface area contributed by atoms with Gasteiger partial charge in [-0.1, -0.05) is 308 Å². The normalized spacial score (nSPS) is 12.2. The molecule has 0 rings (SSSR count). The van der Waals surface area contributed by atoms with Gasteiger partial charge in [0.25, 0.3) is 0 Å². The molecule has 0 aromatic rings. The van der Waals surface area contributed by atoms with Gasteiger partial charge < -0.3 is 14.2 Å². The Morgan fingerprint density at radius 1 is 0.267 bits per heavy atom. The molecule has 0 aromatic carbocycles. The van der Waals surface area contributed by atoms with Crippen molar-refractivity contribution in [3.05, 3.63) is 36.5 Å². The molecule has 0 N–H and O–H groups in total. The average molecular weight is 1050 g/mol. The van der Waals surface area contributed by atoms with E-state index in [1.807, 2.05) is 0 Å². The highest BCUT2D eigenvalue weighted by atomic mass is 16.6. The fourth-order valence-electron chi connectivity index (χ4n) is 10.1. The van der Waals surface area contributed by atoms with Gasteiger partial charge in [-0.2, -0.15) is 0 Å². The van der Waals surface area contributed by atoms with Crippen molar-refractivity contribution in [1.29, 1.82) is 0 Å². The fraction of sp³-hybridized carbons (Fsp3) is 0.870. The van der Waals surface area contributed by atoms with E-state index in [-0.39, 0.29) is 31.1 Å². The van der Waals surface area contributed by atoms with E-state index in [9.17, 15) is 14.4 Å². The maximum Gasteiger partial charge on any atom is 0.306 e. The van der Waals surface area contributed by atoms with E-state index in [1.54, 1.807) is 0 Å². The van der Waals surface area contributed by atoms with Crippen LogP contribution in [0.3, 0.4) is 0 Å². The highest BCUT2D eigenvalue weighted by Gasteiger charge is 2.19. The van der Waals surface area contributed by atoms with Gasteiger partial charge in [0.15, 0.2) is 6.10 Å². The molecule has 1 atom stereocenters. The van der Waals surface area contributed by atoms with Gasteiger partial charge in [-0.25, -0.2) is 0 Å². The van der Waals surface area contributed by atoms with Gasteiger partial charge >= 0.3 is 17.9 Å². The van der Waals surface area contributed by atoms with Crippen molar-refractivity contribution in [2.75, 3.05) is 13.2 Å². The second-order valence-electron chi connectivity index (χ2n) is 22.7. The van der Waals surface area contributed by atoms with Crippen LogP contribution in [-0.4, -0.2) is 37.2 Å². The summed E-state index contributed by atoms with van der Waals surface area (Å²) in [5.74, 6) is -0.875. The summed E-state index contributed by atoms with van der Waals surface area (Å²) in [5, 5.41) is 0. The molecule has 6 heteroatoms. The Hall–Kier alpha value is -2.37. The zero-order chi connectivity index (χ0) is 54.3. The Morgan fingerprint density at radius 2 is 0.480 bits per heavy atom. The van der Waals surface area contributed by atoms with Crippen molar-refractivity contribution in [2.45, 2.75) is 374 Å². The predicted molar refractivity (Wildman–Crippen MR) is 326 cm³/mol. The molecule has 0 radical (unpaired) electrons. The third kappa shape index (κ3) is 62.4. The number of unbranched alkanes of at least 4 members (excludes halogenated alkanes) is 45. The fourth-order valence-corrected chi connectivity index (χ4v) is 10.1. The first-order valence-electron chi connectivity index (χ1n) is 33.5. The summed E-state index contributed by atoms with van der Waals surface area (Å²) in [6, 6.07) is 0. The van der Waals surface area contributed by atoms with Crippen LogP contribution in [0.1, 0.15) is 367 Å². The van der Waals surface area contributed by atoms with Crippen molar-refractivity contribution in [1.82, 2.24) is 0 Å². The van der Waals surface area contributed by atoms with Gasteiger partial charge in [0, 0.05) is 19.3 Å². The van der Waals surface area contributed by atoms with E-state index in [4.69, 9.17) is 14.2 Å². The second kappa shape index (κ2) is 64.2. The van der Waals surface area contributed by atoms with E-state index in [0.29, 0.717) is 19.3 Å². The number of rotatable bonds is 62. The summed E-state index contributed by atoms with van der Waals surface area (Å²) < 4.78 is 16.9. The maximum absolute atomic E-state index is 12.9. The van der Waals surface area contributed by atoms with Crippen LogP contribution in [0.15, 0.2) is 36.5 Å². The molecular weight excluding hydrogens is 925 g/mol. The first-order chi connectivity index (χ1) is 37.0. The van der Waals surface area contributed by atoms with E-state index >= 15 is 0 Å². The Kier molecular flexibility index (Phi) is 62.1. The molecule has 1 unspecified atom stereocenters. The highest BCUT2D eigenvalue weighted by Crippen LogP contribution is 2.18. The van der Waals surface area contributed by atoms with Crippen LogP contribution in [0.4, 0.5) is 0 Å². The molecule has 0 saturated carbocycles. The Morgan fingerprint density at radius 3 is 0.773 bits per heavy atom. The minimum absolute atomic E-state index is 0.0759. The SMILES string of the molecule is CCCCC/C=C\C/C=C\CCCCCCCC(=O)OCC(COC(=O)CCCCCCCCCCCCCCCCCCCCCCCCCCCC)OC(=O)CCCCCCC/C=C\CCCCCCCCC. The van der Waals surface area contributed by atoms with Crippen LogP contribution in [0.25, 0.3) is 0 Å². The molecule has 0 saturated heterocycles. The summed E-state index contributed by atoms with van der Waals surface area (Å²) >= 11 is 0. The first-order valence-corrected chi connectivity index (χ1v) is 33.5. The third-order valence-electron chi connectivity index (χ3n) is 15.1. The summed E-state index contributed by atoms with van der Waals surface area (Å²) in [4.78, 5) is 38.3. The molecule has 0 bridgehead atoms. The summed E-state index contributed by atoms with van der Waals surface area (Å²) in [5.41, 5.74) is 0. The molecule has 0 amide bonds. The third-order valence-corrected chi connectivity index (χ3v) is 15.1. The molecule has 0 fully saturated rings. The van der Waals surface area contributed by atoms with Gasteiger partial charge in [0.1, 0.15) is 13.2 Å². The topological polar surface area (TPSA) is 78.9 Å². The largest absolute Gasteiger partial charge is 0.462 e. The lowest BCUT2D eigenvalue weighted by Gasteiger charge is -2.18. The minimum atomic E-state index is -0.781. The lowest BCUT2D eigenvalue weighted by atomic mass is 10.0. The van der Waals surface area contributed by atoms with Crippen LogP contribution in [-0.2, 0) is 28.6 Å². The van der Waals surface area contributed by atoms with Gasteiger partial charge in [-0.15, -0.1) is 0 Å². The zero-order valence-corrected chi connectivity index (χ0v) is 50.6. The standard InChI is InChI=1S/C69H128O6/c1-4-7-10-13-16-19-22-25-28-30-31-32-33-34-35-36-37-38-39-42-44-47-50-53-56-59-62-68(71)74-65-66(64-73-67(70)61-58-55-52-49-46-43-40-27-24-21-18-15-12-9-6-3)75-69(72)63-60-57-54-51-48-45-41-29-26-23-20-17-14-11-8-5-2/h18,21,27,29,40-41,66H,4-17,19-20,22-26,28,30-39,42-65H2,1-3H3/b21-18-,40-27-,41-29-. The van der Waals surface area contributed by atoms with Crippen LogP contribution in [0, 0.1) is 0 Å². The zero-order valence-electron chi connectivity index (χ0n) is 50.6. The number of hydrogen-bond donors (Lipinski definition) is 0. The Bertz CT molecular complexity index is 1250. The monoisotopic (exact) mass is 1050 g/mol. The van der Waals surface area contributed by atoms with E-state index in [0.717, 1.165) is 83.5 Å². The maximum atomic E-state index is 12.9. The number of carbonyl (C=O) groups is 3. The van der Waals surface area contributed by atoms with Crippen molar-refractivity contribution < 1.29 is 28.6 Å². The molecule has 75 heavy (non-hydrogen) atoms. The molecule has 0 aromatic heterocycles. The second-order valence-corrected chi connectivity index (χ2v) is 22.7. The van der Waals surface area contributed by atoms with Crippen LogP contribution < -0.4 is 0 Å². The van der Waals surface area contributed by atoms with Gasteiger partial charge in [-0.3, -0.25) is 14.4 Å². The Labute approximate surface area is 467 Å². The number of carbonyl (C=O) groups excluding carboxylic acids is 3. The Balaban J connectivity index is 4.24. The molecular formula is C69H128O6. The van der Waals surface area contributed by atoms with Crippen molar-refractivity contribution in [3.63, 3.8) is 0 Å². The van der Waals surface area contributed by atoms with E-state index < -0.39 is 6.10 Å². The number of esters is 3. The van der Waals surface area contributed by atoms with Crippen molar-refractivity contribution in [2.24, 2.45) is 0 Å². The number of hydrogen-bond acceptors (Lipinski definition) is 6. The van der Waals surface area contributed by atoms with Crippen molar-refractivity contribution in [3.8, 4) is 0 Å². The quantitative estimate of drug-likeness (QED) is 0.0261.